The standard InChI is InChI=1S/C98H109NO2/c1-9-13-17-21-25-37-57-97(58-38-26-22-18-14-10-2)79-55-56-86-88(74-44-32-35-47-84(74)100-86)87(79)77-65-82-76(64-83(77)97)71-53-51-70(63-81(71)98(82,59-39-27-23-19-15-11-3)60-40-28-24-20-16-12-4)99(68-50-49-66-41-29-30-42-67(66)61-68)69-52-54-73-80(62-69)96(7,8)92-89(73)90-75-45-33-36-48-85(75)101-94(90)91-72-43-31-34-46-78(72)95(5,6)93(91)92/h29-36,41-56,61-65H,9-28,37-40,57-60H2,1-8H3. The summed E-state index contributed by atoms with van der Waals surface area (Å²) in [5.74, 6) is 0. The van der Waals surface area contributed by atoms with Crippen LogP contribution in [0.3, 0.4) is 0 Å². The van der Waals surface area contributed by atoms with E-state index in [-0.39, 0.29) is 21.7 Å². The molecule has 0 bridgehead atoms. The molecule has 16 rings (SSSR count). The number of furan rings is 2. The van der Waals surface area contributed by atoms with Crippen molar-refractivity contribution in [3.63, 3.8) is 0 Å². The Bertz CT molecular complexity index is 5020. The van der Waals surface area contributed by atoms with Crippen LogP contribution in [0, 0.1) is 0 Å². The highest BCUT2D eigenvalue weighted by Gasteiger charge is 2.51. The molecule has 0 saturated heterocycles. The van der Waals surface area contributed by atoms with Gasteiger partial charge in [0.25, 0.3) is 0 Å². The number of fused-ring (bicyclic) bond motifs is 23. The number of para-hydroxylation sites is 2. The zero-order chi connectivity index (χ0) is 69.0. The van der Waals surface area contributed by atoms with Gasteiger partial charge in [-0.1, -0.05) is 319 Å². The van der Waals surface area contributed by atoms with Gasteiger partial charge in [0.2, 0.25) is 0 Å². The van der Waals surface area contributed by atoms with Crippen LogP contribution in [0.2, 0.25) is 0 Å². The highest BCUT2D eigenvalue weighted by Crippen LogP contribution is 2.66. The molecule has 0 saturated carbocycles. The summed E-state index contributed by atoms with van der Waals surface area (Å²) in [7, 11) is 0. The molecule has 0 fully saturated rings. The summed E-state index contributed by atoms with van der Waals surface area (Å²) in [5.41, 5.74) is 29.8. The van der Waals surface area contributed by atoms with Gasteiger partial charge in [-0.15, -0.1) is 0 Å². The minimum Gasteiger partial charge on any atom is -0.456 e. The first-order valence-corrected chi connectivity index (χ1v) is 40.3. The maximum atomic E-state index is 7.16. The first kappa shape index (κ1) is 67.4. The molecule has 12 aromatic rings. The van der Waals surface area contributed by atoms with Gasteiger partial charge in [0.05, 0.1) is 0 Å². The summed E-state index contributed by atoms with van der Waals surface area (Å²) in [6, 6.07) is 69.2. The molecule has 0 radical (unpaired) electrons. The van der Waals surface area contributed by atoms with Crippen LogP contribution in [-0.2, 0) is 21.7 Å². The van der Waals surface area contributed by atoms with Crippen molar-refractivity contribution < 1.29 is 8.83 Å². The van der Waals surface area contributed by atoms with Crippen LogP contribution in [-0.4, -0.2) is 0 Å². The lowest BCUT2D eigenvalue weighted by molar-refractivity contribution is 0.394. The molecule has 101 heavy (non-hydrogen) atoms. The minimum atomic E-state index is -0.346. The lowest BCUT2D eigenvalue weighted by Gasteiger charge is -2.35. The Morgan fingerprint density at radius 1 is 0.287 bits per heavy atom. The number of unbranched alkanes of at least 4 members (excludes halogenated alkanes) is 20. The summed E-state index contributed by atoms with van der Waals surface area (Å²) in [5, 5.41) is 7.54. The number of hydrogen-bond acceptors (Lipinski definition) is 3. The molecule has 3 nitrogen and oxygen atoms in total. The van der Waals surface area contributed by atoms with E-state index in [4.69, 9.17) is 8.83 Å². The van der Waals surface area contributed by atoms with E-state index in [0.717, 1.165) is 35.2 Å². The van der Waals surface area contributed by atoms with Crippen LogP contribution in [0.4, 0.5) is 17.1 Å². The molecule has 3 heteroatoms. The van der Waals surface area contributed by atoms with E-state index in [1.165, 1.54) is 283 Å². The van der Waals surface area contributed by atoms with Gasteiger partial charge < -0.3 is 13.7 Å². The topological polar surface area (TPSA) is 29.5 Å². The Labute approximate surface area is 603 Å². The molecule has 0 spiro atoms. The molecule has 2 aromatic heterocycles. The van der Waals surface area contributed by atoms with Crippen LogP contribution in [0.15, 0.2) is 185 Å². The Morgan fingerprint density at radius 3 is 1.37 bits per heavy atom. The van der Waals surface area contributed by atoms with Crippen molar-refractivity contribution in [1.82, 2.24) is 0 Å². The van der Waals surface area contributed by atoms with Gasteiger partial charge in [0, 0.05) is 65.8 Å². The Balaban J connectivity index is 0.911. The first-order valence-electron chi connectivity index (χ1n) is 40.3. The highest BCUT2D eigenvalue weighted by molar-refractivity contribution is 6.21. The second kappa shape index (κ2) is 27.9. The van der Waals surface area contributed by atoms with Crippen molar-refractivity contribution in [1.29, 1.82) is 0 Å². The Kier molecular flexibility index (Phi) is 18.6. The Morgan fingerprint density at radius 2 is 0.733 bits per heavy atom. The smallest absolute Gasteiger partial charge is 0.144 e. The quantitative estimate of drug-likeness (QED) is 0.0406. The maximum Gasteiger partial charge on any atom is 0.144 e. The number of anilines is 3. The lowest BCUT2D eigenvalue weighted by Crippen LogP contribution is -2.27. The second-order valence-electron chi connectivity index (χ2n) is 32.6. The predicted molar refractivity (Wildman–Crippen MR) is 433 cm³/mol. The molecule has 10 aromatic carbocycles. The van der Waals surface area contributed by atoms with E-state index < -0.39 is 0 Å². The Hall–Kier alpha value is -8.14. The summed E-state index contributed by atoms with van der Waals surface area (Å²) in [6.45, 7) is 19.4. The van der Waals surface area contributed by atoms with Crippen molar-refractivity contribution in [3.8, 4) is 44.5 Å². The number of hydrogen-bond donors (Lipinski definition) is 0. The molecular weight excluding hydrogens is 1220 g/mol. The molecule has 2 heterocycles. The average molecular weight is 1330 g/mol. The van der Waals surface area contributed by atoms with Crippen LogP contribution in [0.25, 0.3) is 99.2 Å². The van der Waals surface area contributed by atoms with E-state index in [2.05, 4.69) is 236 Å². The molecule has 0 atom stereocenters. The molecular formula is C98H109NO2. The van der Waals surface area contributed by atoms with Crippen molar-refractivity contribution >= 4 is 71.7 Å². The van der Waals surface area contributed by atoms with E-state index >= 15 is 0 Å². The van der Waals surface area contributed by atoms with Gasteiger partial charge >= 0.3 is 0 Å². The second-order valence-corrected chi connectivity index (χ2v) is 32.6. The first-order chi connectivity index (χ1) is 49.5. The summed E-state index contributed by atoms with van der Waals surface area (Å²) < 4.78 is 14.1. The van der Waals surface area contributed by atoms with E-state index in [0.29, 0.717) is 0 Å². The fourth-order valence-corrected chi connectivity index (χ4v) is 20.5. The minimum absolute atomic E-state index is 0.101. The summed E-state index contributed by atoms with van der Waals surface area (Å²) >= 11 is 0. The van der Waals surface area contributed by atoms with Gasteiger partial charge in [-0.25, -0.2) is 0 Å². The summed E-state index contributed by atoms with van der Waals surface area (Å²) in [4.78, 5) is 2.66. The van der Waals surface area contributed by atoms with Crippen molar-refractivity contribution in [2.75, 3.05) is 4.90 Å². The van der Waals surface area contributed by atoms with Crippen molar-refractivity contribution in [2.24, 2.45) is 0 Å². The van der Waals surface area contributed by atoms with Gasteiger partial charge in [0.15, 0.2) is 0 Å². The van der Waals surface area contributed by atoms with Crippen LogP contribution >= 0.6 is 0 Å². The van der Waals surface area contributed by atoms with E-state index in [1.807, 2.05) is 0 Å². The monoisotopic (exact) mass is 1330 g/mol. The number of benzene rings is 10. The molecule has 4 aliphatic rings. The normalized spacial score (nSPS) is 15.2. The molecule has 0 N–H and O–H groups in total. The fourth-order valence-electron chi connectivity index (χ4n) is 20.5. The third kappa shape index (κ3) is 11.3. The van der Waals surface area contributed by atoms with Gasteiger partial charge in [0.1, 0.15) is 22.3 Å². The van der Waals surface area contributed by atoms with Crippen LogP contribution < -0.4 is 4.90 Å². The average Bonchev–Trinajstić information content (AvgIpc) is 1.51. The predicted octanol–water partition coefficient (Wildman–Crippen LogP) is 30.3. The van der Waals surface area contributed by atoms with Crippen molar-refractivity contribution in [2.45, 2.75) is 257 Å². The zero-order valence-corrected chi connectivity index (χ0v) is 62.3. The fraction of sp³-hybridized carbons (Fsp3) is 0.408. The number of rotatable bonds is 31. The SMILES string of the molecule is CCCCCCCCC1(CCCCCCCC)c2cc(N(c3ccc4c(c3)C(C)(C)c3c5c(c6oc7ccccc7c6c3-4)-c3ccccc3C5(C)C)c3ccc4ccccc4c3)ccc2-c2cc3c(cc21)-c1c(ccc2oc4ccccc4c12)C3(CCCCCCCC)CCCCCCCC. The zero-order valence-electron chi connectivity index (χ0n) is 62.3. The molecule has 0 amide bonds. The third-order valence-corrected chi connectivity index (χ3v) is 25.6. The molecule has 0 unspecified atom stereocenters. The number of nitrogens with zero attached hydrogens (tertiary/aromatic N) is 1. The van der Waals surface area contributed by atoms with E-state index in [9.17, 15) is 0 Å². The van der Waals surface area contributed by atoms with Gasteiger partial charge in [-0.2, -0.15) is 0 Å². The van der Waals surface area contributed by atoms with Crippen LogP contribution in [0.1, 0.15) is 280 Å². The molecule has 0 aliphatic heterocycles. The van der Waals surface area contributed by atoms with E-state index in [1.54, 1.807) is 22.3 Å². The third-order valence-electron chi connectivity index (χ3n) is 25.6. The molecule has 4 aliphatic carbocycles. The summed E-state index contributed by atoms with van der Waals surface area (Å²) in [6.07, 6.45) is 35.6. The van der Waals surface area contributed by atoms with Crippen LogP contribution in [0.5, 0.6) is 0 Å². The molecule has 518 valence electrons. The highest BCUT2D eigenvalue weighted by atomic mass is 16.3. The maximum absolute atomic E-state index is 7.16. The van der Waals surface area contributed by atoms with Gasteiger partial charge in [-0.3, -0.25) is 0 Å². The van der Waals surface area contributed by atoms with Crippen molar-refractivity contribution in [3.05, 3.63) is 220 Å². The lowest BCUT2D eigenvalue weighted by atomic mass is 9.68. The largest absolute Gasteiger partial charge is 0.456 e. The van der Waals surface area contributed by atoms with Gasteiger partial charge in [-0.05, 0) is 187 Å².